The minimum Gasteiger partial charge on any atom is -0.478 e. The van der Waals surface area contributed by atoms with Crippen molar-refractivity contribution in [3.8, 4) is 0 Å². The number of sulfonamides is 1. The molecule has 0 saturated carbocycles. The lowest BCUT2D eigenvalue weighted by Crippen LogP contribution is -2.27. The van der Waals surface area contributed by atoms with E-state index in [-0.39, 0.29) is 25.5 Å². The predicted octanol–water partition coefficient (Wildman–Crippen LogP) is 4.46. The van der Waals surface area contributed by atoms with Gasteiger partial charge in [0.2, 0.25) is 0 Å². The minimum absolute atomic E-state index is 0.0351. The molecule has 1 heterocycles. The molecule has 0 fully saturated rings. The zero-order chi connectivity index (χ0) is 18.4. The van der Waals surface area contributed by atoms with Gasteiger partial charge in [0.25, 0.3) is 10.0 Å². The molecule has 25 heavy (non-hydrogen) atoms. The Balaban J connectivity index is 2.11. The molecule has 1 aliphatic rings. The third kappa shape index (κ3) is 3.26. The number of carboxylic acids is 1. The van der Waals surface area contributed by atoms with Crippen LogP contribution in [0.4, 0.5) is 5.00 Å². The van der Waals surface area contributed by atoms with E-state index in [1.165, 1.54) is 36.6 Å². The summed E-state index contributed by atoms with van der Waals surface area (Å²) in [5.74, 6) is -1.11. The van der Waals surface area contributed by atoms with Crippen LogP contribution in [0, 0.1) is 0 Å². The second-order valence-corrected chi connectivity index (χ2v) is 9.61. The first kappa shape index (κ1) is 18.5. The van der Waals surface area contributed by atoms with Gasteiger partial charge in [0.1, 0.15) is 5.00 Å². The first-order valence-electron chi connectivity index (χ1n) is 7.55. The lowest BCUT2D eigenvalue weighted by atomic mass is 9.95. The van der Waals surface area contributed by atoms with Crippen LogP contribution < -0.4 is 4.31 Å². The number of anilines is 1. The van der Waals surface area contributed by atoms with Crippen LogP contribution >= 0.6 is 34.5 Å². The number of hydrogen-bond acceptors (Lipinski definition) is 4. The fourth-order valence-electron chi connectivity index (χ4n) is 2.90. The van der Waals surface area contributed by atoms with Crippen molar-refractivity contribution in [1.29, 1.82) is 0 Å². The highest BCUT2D eigenvalue weighted by atomic mass is 35.5. The number of carbonyl (C=O) groups is 1. The third-order valence-corrected chi connectivity index (χ3v) is 8.18. The van der Waals surface area contributed by atoms with Crippen molar-refractivity contribution in [2.75, 3.05) is 11.4 Å². The van der Waals surface area contributed by atoms with E-state index in [1.54, 1.807) is 0 Å². The number of rotatable bonds is 4. The second kappa shape index (κ2) is 6.79. The van der Waals surface area contributed by atoms with Crippen molar-refractivity contribution in [2.24, 2.45) is 0 Å². The highest BCUT2D eigenvalue weighted by Gasteiger charge is 2.32. The van der Waals surface area contributed by atoms with Crippen molar-refractivity contribution < 1.29 is 18.3 Å². The fourth-order valence-corrected chi connectivity index (χ4v) is 6.05. The van der Waals surface area contributed by atoms with Gasteiger partial charge in [-0.2, -0.15) is 0 Å². The Morgan fingerprint density at radius 1 is 1.20 bits per heavy atom. The van der Waals surface area contributed by atoms with Gasteiger partial charge in [-0.25, -0.2) is 13.2 Å². The van der Waals surface area contributed by atoms with Gasteiger partial charge in [-0.1, -0.05) is 23.2 Å². The molecule has 0 saturated heterocycles. The number of aromatic carboxylic acids is 1. The van der Waals surface area contributed by atoms with Gasteiger partial charge >= 0.3 is 5.97 Å². The van der Waals surface area contributed by atoms with Crippen molar-refractivity contribution >= 4 is 55.5 Å². The van der Waals surface area contributed by atoms with E-state index in [9.17, 15) is 18.3 Å². The van der Waals surface area contributed by atoms with Gasteiger partial charge in [0.05, 0.1) is 20.5 Å². The first-order valence-corrected chi connectivity index (χ1v) is 10.6. The van der Waals surface area contributed by atoms with Crippen LogP contribution in [0.5, 0.6) is 0 Å². The molecule has 1 aromatic heterocycles. The van der Waals surface area contributed by atoms with Crippen molar-refractivity contribution in [2.45, 2.75) is 30.6 Å². The molecule has 0 aliphatic heterocycles. The quantitative estimate of drug-likeness (QED) is 0.793. The van der Waals surface area contributed by atoms with Gasteiger partial charge in [0.15, 0.2) is 0 Å². The lowest BCUT2D eigenvalue weighted by molar-refractivity contribution is 0.0697. The van der Waals surface area contributed by atoms with E-state index in [4.69, 9.17) is 23.2 Å². The van der Waals surface area contributed by atoms with Crippen molar-refractivity contribution in [1.82, 2.24) is 0 Å². The molecule has 0 unspecified atom stereocenters. The summed E-state index contributed by atoms with van der Waals surface area (Å²) in [7, 11) is -2.59. The lowest BCUT2D eigenvalue weighted by Gasteiger charge is -2.19. The average molecular weight is 420 g/mol. The Hall–Kier alpha value is -1.28. The summed E-state index contributed by atoms with van der Waals surface area (Å²) in [4.78, 5) is 12.7. The topological polar surface area (TPSA) is 74.7 Å². The molecule has 1 aliphatic carbocycles. The fraction of sp³-hybridized carbons (Fsp3) is 0.312. The van der Waals surface area contributed by atoms with Gasteiger partial charge < -0.3 is 5.11 Å². The summed E-state index contributed by atoms with van der Waals surface area (Å²) in [6, 6.07) is 4.03. The standard InChI is InChI=1S/C16H15Cl2NO4S2/c1-19(25(22,23)9-6-7-11(17)12(18)8-9)15-14(16(20)21)10-4-2-3-5-13(10)24-15/h6-8H,2-5H2,1H3,(H,20,21). The smallest absolute Gasteiger partial charge is 0.339 e. The van der Waals surface area contributed by atoms with Gasteiger partial charge in [0, 0.05) is 11.9 Å². The maximum Gasteiger partial charge on any atom is 0.339 e. The van der Waals surface area contributed by atoms with Crippen molar-refractivity contribution in [3.05, 3.63) is 44.2 Å². The number of benzene rings is 1. The predicted molar refractivity (Wildman–Crippen MR) is 100.0 cm³/mol. The Morgan fingerprint density at radius 2 is 1.88 bits per heavy atom. The van der Waals surface area contributed by atoms with Gasteiger partial charge in [-0.05, 0) is 49.4 Å². The Bertz CT molecular complexity index is 953. The van der Waals surface area contributed by atoms with Crippen LogP contribution in [0.25, 0.3) is 0 Å². The maximum absolute atomic E-state index is 12.9. The largest absolute Gasteiger partial charge is 0.478 e. The number of aryl methyl sites for hydroxylation is 1. The SMILES string of the molecule is CN(c1sc2c(c1C(=O)O)CCCC2)S(=O)(=O)c1ccc(Cl)c(Cl)c1. The van der Waals surface area contributed by atoms with Crippen LogP contribution in [-0.4, -0.2) is 26.5 Å². The highest BCUT2D eigenvalue weighted by molar-refractivity contribution is 7.93. The molecular formula is C16H15Cl2NO4S2. The number of hydrogen-bond donors (Lipinski definition) is 1. The summed E-state index contributed by atoms with van der Waals surface area (Å²) >= 11 is 13.0. The van der Waals surface area contributed by atoms with Crippen LogP contribution in [0.1, 0.15) is 33.6 Å². The number of nitrogens with zero attached hydrogens (tertiary/aromatic N) is 1. The average Bonchev–Trinajstić information content (AvgIpc) is 2.95. The summed E-state index contributed by atoms with van der Waals surface area (Å²) in [6.07, 6.45) is 3.33. The molecule has 134 valence electrons. The molecular weight excluding hydrogens is 405 g/mol. The van der Waals surface area contributed by atoms with E-state index < -0.39 is 16.0 Å². The van der Waals surface area contributed by atoms with Crippen LogP contribution in [0.15, 0.2) is 23.1 Å². The molecule has 1 N–H and O–H groups in total. The van der Waals surface area contributed by atoms with E-state index in [2.05, 4.69) is 0 Å². The van der Waals surface area contributed by atoms with E-state index in [0.29, 0.717) is 6.42 Å². The third-order valence-electron chi connectivity index (χ3n) is 4.20. The normalized spacial score (nSPS) is 14.2. The molecule has 1 aromatic carbocycles. The number of halogens is 2. The summed E-state index contributed by atoms with van der Waals surface area (Å²) in [6.45, 7) is 0. The number of fused-ring (bicyclic) bond motifs is 1. The van der Waals surface area contributed by atoms with E-state index >= 15 is 0 Å². The Labute approximate surface area is 159 Å². The van der Waals surface area contributed by atoms with Crippen molar-refractivity contribution in [3.63, 3.8) is 0 Å². The molecule has 5 nitrogen and oxygen atoms in total. The summed E-state index contributed by atoms with van der Waals surface area (Å²) < 4.78 is 26.9. The maximum atomic E-state index is 12.9. The highest BCUT2D eigenvalue weighted by Crippen LogP contribution is 2.41. The zero-order valence-corrected chi connectivity index (χ0v) is 16.4. The Morgan fingerprint density at radius 3 is 2.52 bits per heavy atom. The van der Waals surface area contributed by atoms with Gasteiger partial charge in [-0.15, -0.1) is 11.3 Å². The zero-order valence-electron chi connectivity index (χ0n) is 13.3. The van der Waals surface area contributed by atoms with E-state index in [1.807, 2.05) is 0 Å². The van der Waals surface area contributed by atoms with Crippen LogP contribution in [0.2, 0.25) is 10.0 Å². The van der Waals surface area contributed by atoms with E-state index in [0.717, 1.165) is 34.0 Å². The minimum atomic E-state index is -3.95. The molecule has 0 amide bonds. The van der Waals surface area contributed by atoms with Crippen LogP contribution in [-0.2, 0) is 22.9 Å². The number of thiophene rings is 1. The summed E-state index contributed by atoms with van der Waals surface area (Å²) in [5, 5.41) is 10.2. The Kier molecular flexibility index (Phi) is 5.03. The second-order valence-electron chi connectivity index (χ2n) is 5.74. The monoisotopic (exact) mass is 419 g/mol. The number of carboxylic acid groups (broad SMARTS) is 1. The molecule has 0 spiro atoms. The molecule has 0 radical (unpaired) electrons. The molecule has 2 aromatic rings. The van der Waals surface area contributed by atoms with Gasteiger partial charge in [-0.3, -0.25) is 4.31 Å². The van der Waals surface area contributed by atoms with Crippen LogP contribution in [0.3, 0.4) is 0 Å². The summed E-state index contributed by atoms with van der Waals surface area (Å²) in [5.41, 5.74) is 0.848. The first-order chi connectivity index (χ1) is 11.7. The molecule has 0 bridgehead atoms. The molecule has 3 rings (SSSR count). The molecule has 0 atom stereocenters. The molecule has 9 heteroatoms.